The normalized spacial score (nSPS) is 11.5. The SMILES string of the molecule is FC(F)(F)Oc1ncc(CBr)cc1Cl. The third-order valence-corrected chi connectivity index (χ3v) is 2.15. The van der Waals surface area contributed by atoms with Crippen molar-refractivity contribution in [2.75, 3.05) is 0 Å². The predicted molar refractivity (Wildman–Crippen MR) is 48.6 cm³/mol. The fourth-order valence-corrected chi connectivity index (χ4v) is 1.26. The highest BCUT2D eigenvalue weighted by Crippen LogP contribution is 2.28. The highest BCUT2D eigenvalue weighted by molar-refractivity contribution is 9.08. The van der Waals surface area contributed by atoms with Gasteiger partial charge in [-0.15, -0.1) is 13.2 Å². The Balaban J connectivity index is 2.89. The van der Waals surface area contributed by atoms with E-state index >= 15 is 0 Å². The summed E-state index contributed by atoms with van der Waals surface area (Å²) in [6.07, 6.45) is -3.52. The van der Waals surface area contributed by atoms with Crippen LogP contribution in [0.15, 0.2) is 12.3 Å². The first-order chi connectivity index (χ1) is 6.42. The van der Waals surface area contributed by atoms with E-state index in [1.54, 1.807) is 0 Å². The van der Waals surface area contributed by atoms with Gasteiger partial charge in [0.05, 0.1) is 0 Å². The van der Waals surface area contributed by atoms with E-state index in [0.29, 0.717) is 10.9 Å². The van der Waals surface area contributed by atoms with Gasteiger partial charge in [-0.05, 0) is 11.6 Å². The van der Waals surface area contributed by atoms with Crippen LogP contribution in [-0.4, -0.2) is 11.3 Å². The number of hydrogen-bond donors (Lipinski definition) is 0. The lowest BCUT2D eigenvalue weighted by Crippen LogP contribution is -2.18. The van der Waals surface area contributed by atoms with Crippen LogP contribution in [0.1, 0.15) is 5.56 Å². The first-order valence-corrected chi connectivity index (χ1v) is 4.88. The van der Waals surface area contributed by atoms with Crippen molar-refractivity contribution in [2.45, 2.75) is 11.7 Å². The summed E-state index contributed by atoms with van der Waals surface area (Å²) in [4.78, 5) is 3.43. The molecule has 1 rings (SSSR count). The van der Waals surface area contributed by atoms with Gasteiger partial charge in [-0.2, -0.15) is 0 Å². The van der Waals surface area contributed by atoms with Crippen LogP contribution < -0.4 is 4.74 Å². The topological polar surface area (TPSA) is 22.1 Å². The minimum Gasteiger partial charge on any atom is -0.386 e. The molecule has 14 heavy (non-hydrogen) atoms. The first kappa shape index (κ1) is 11.6. The van der Waals surface area contributed by atoms with Gasteiger partial charge in [0.15, 0.2) is 0 Å². The summed E-state index contributed by atoms with van der Waals surface area (Å²) in [6, 6.07) is 1.35. The molecule has 7 heteroatoms. The van der Waals surface area contributed by atoms with E-state index < -0.39 is 12.2 Å². The first-order valence-electron chi connectivity index (χ1n) is 3.38. The molecule has 1 heterocycles. The van der Waals surface area contributed by atoms with E-state index in [-0.39, 0.29) is 5.02 Å². The van der Waals surface area contributed by atoms with Gasteiger partial charge < -0.3 is 4.74 Å². The Kier molecular flexibility index (Phi) is 3.60. The molecule has 0 fully saturated rings. The summed E-state index contributed by atoms with van der Waals surface area (Å²) in [5.41, 5.74) is 0.671. The largest absolute Gasteiger partial charge is 0.574 e. The van der Waals surface area contributed by atoms with Crippen molar-refractivity contribution in [1.29, 1.82) is 0 Å². The van der Waals surface area contributed by atoms with Gasteiger partial charge >= 0.3 is 6.36 Å². The van der Waals surface area contributed by atoms with E-state index in [0.717, 1.165) is 0 Å². The van der Waals surface area contributed by atoms with Gasteiger partial charge in [-0.3, -0.25) is 0 Å². The molecule has 0 bridgehead atoms. The van der Waals surface area contributed by atoms with Crippen LogP contribution in [0.3, 0.4) is 0 Å². The second kappa shape index (κ2) is 4.35. The maximum absolute atomic E-state index is 11.8. The van der Waals surface area contributed by atoms with E-state index in [4.69, 9.17) is 11.6 Å². The second-order valence-electron chi connectivity index (χ2n) is 2.31. The molecular formula is C7H4BrClF3NO. The fraction of sp³-hybridized carbons (Fsp3) is 0.286. The molecule has 0 unspecified atom stereocenters. The second-order valence-corrected chi connectivity index (χ2v) is 3.28. The van der Waals surface area contributed by atoms with Crippen molar-refractivity contribution in [3.8, 4) is 5.88 Å². The van der Waals surface area contributed by atoms with Crippen LogP contribution in [0.25, 0.3) is 0 Å². The summed E-state index contributed by atoms with van der Waals surface area (Å²) in [5.74, 6) is -0.635. The summed E-state index contributed by atoms with van der Waals surface area (Å²) < 4.78 is 38.9. The average molecular weight is 290 g/mol. The standard InChI is InChI=1S/C7H4BrClF3NO/c8-2-4-1-5(9)6(13-3-4)14-7(10,11)12/h1,3H,2H2. The molecule has 78 valence electrons. The molecule has 0 aliphatic heterocycles. The van der Waals surface area contributed by atoms with Crippen molar-refractivity contribution < 1.29 is 17.9 Å². The number of nitrogens with zero attached hydrogens (tertiary/aromatic N) is 1. The van der Waals surface area contributed by atoms with Crippen molar-refractivity contribution in [3.63, 3.8) is 0 Å². The number of halogens is 5. The number of aromatic nitrogens is 1. The van der Waals surface area contributed by atoms with E-state index in [1.165, 1.54) is 12.3 Å². The number of pyridine rings is 1. The maximum atomic E-state index is 11.8. The van der Waals surface area contributed by atoms with E-state index in [2.05, 4.69) is 25.7 Å². The van der Waals surface area contributed by atoms with Gasteiger partial charge in [-0.1, -0.05) is 27.5 Å². The molecule has 2 nitrogen and oxygen atoms in total. The van der Waals surface area contributed by atoms with Crippen LogP contribution in [0.5, 0.6) is 5.88 Å². The Hall–Kier alpha value is -0.490. The number of rotatable bonds is 2. The molecule has 0 radical (unpaired) electrons. The van der Waals surface area contributed by atoms with Crippen molar-refractivity contribution in [2.24, 2.45) is 0 Å². The number of alkyl halides is 4. The third-order valence-electron chi connectivity index (χ3n) is 1.23. The van der Waals surface area contributed by atoms with E-state index in [1.807, 2.05) is 0 Å². The zero-order chi connectivity index (χ0) is 10.8. The molecule has 0 spiro atoms. The lowest BCUT2D eigenvalue weighted by atomic mass is 10.3. The van der Waals surface area contributed by atoms with Crippen LogP contribution >= 0.6 is 27.5 Å². The molecule has 0 aliphatic rings. The third kappa shape index (κ3) is 3.34. The van der Waals surface area contributed by atoms with Crippen LogP contribution in [-0.2, 0) is 5.33 Å². The Bertz CT molecular complexity index is 331. The number of hydrogen-bond acceptors (Lipinski definition) is 2. The molecule has 0 N–H and O–H groups in total. The smallest absolute Gasteiger partial charge is 0.386 e. The molecule has 0 saturated heterocycles. The van der Waals surface area contributed by atoms with Gasteiger partial charge in [0, 0.05) is 11.5 Å². The lowest BCUT2D eigenvalue weighted by molar-refractivity contribution is -0.276. The Labute approximate surface area is 91.2 Å². The molecule has 1 aromatic heterocycles. The summed E-state index contributed by atoms with van der Waals surface area (Å²) in [6.45, 7) is 0. The highest BCUT2D eigenvalue weighted by Gasteiger charge is 2.32. The Morgan fingerprint density at radius 1 is 1.50 bits per heavy atom. The van der Waals surface area contributed by atoms with Gasteiger partial charge in [0.2, 0.25) is 5.88 Å². The van der Waals surface area contributed by atoms with Gasteiger partial charge in [0.25, 0.3) is 0 Å². The summed E-state index contributed by atoms with van der Waals surface area (Å²) in [7, 11) is 0. The van der Waals surface area contributed by atoms with Crippen molar-refractivity contribution in [3.05, 3.63) is 22.8 Å². The zero-order valence-electron chi connectivity index (χ0n) is 6.61. The summed E-state index contributed by atoms with van der Waals surface area (Å²) in [5, 5.41) is 0.297. The Morgan fingerprint density at radius 2 is 2.14 bits per heavy atom. The van der Waals surface area contributed by atoms with Crippen LogP contribution in [0.4, 0.5) is 13.2 Å². The monoisotopic (exact) mass is 289 g/mol. The average Bonchev–Trinajstić information content (AvgIpc) is 2.06. The minimum atomic E-state index is -4.77. The molecule has 0 aromatic carbocycles. The highest BCUT2D eigenvalue weighted by atomic mass is 79.9. The molecule has 0 atom stereocenters. The molecule has 0 saturated carbocycles. The summed E-state index contributed by atoms with van der Waals surface area (Å²) >= 11 is 8.62. The molecule has 1 aromatic rings. The lowest BCUT2D eigenvalue weighted by Gasteiger charge is -2.09. The van der Waals surface area contributed by atoms with Gasteiger partial charge in [0.1, 0.15) is 5.02 Å². The molecular weight excluding hydrogens is 286 g/mol. The van der Waals surface area contributed by atoms with Crippen LogP contribution in [0.2, 0.25) is 5.02 Å². The Morgan fingerprint density at radius 3 is 2.57 bits per heavy atom. The van der Waals surface area contributed by atoms with Crippen molar-refractivity contribution >= 4 is 27.5 Å². The van der Waals surface area contributed by atoms with Crippen molar-refractivity contribution in [1.82, 2.24) is 4.98 Å². The minimum absolute atomic E-state index is 0.167. The van der Waals surface area contributed by atoms with Crippen LogP contribution in [0, 0.1) is 0 Å². The van der Waals surface area contributed by atoms with Gasteiger partial charge in [-0.25, -0.2) is 4.98 Å². The zero-order valence-corrected chi connectivity index (χ0v) is 8.95. The molecule has 0 aliphatic carbocycles. The fourth-order valence-electron chi connectivity index (χ4n) is 0.723. The van der Waals surface area contributed by atoms with E-state index in [9.17, 15) is 13.2 Å². The maximum Gasteiger partial charge on any atom is 0.574 e. The predicted octanol–water partition coefficient (Wildman–Crippen LogP) is 3.53. The molecule has 0 amide bonds. The number of ether oxygens (including phenoxy) is 1. The quantitative estimate of drug-likeness (QED) is 0.777.